The number of ether oxygens (including phenoxy) is 1. The van der Waals surface area contributed by atoms with Crippen molar-refractivity contribution < 1.29 is 14.6 Å². The number of hydrogen-bond donors (Lipinski definition) is 1. The first-order valence-electron chi connectivity index (χ1n) is 3.98. The van der Waals surface area contributed by atoms with Crippen LogP contribution in [0.2, 0.25) is 0 Å². The Morgan fingerprint density at radius 1 is 1.50 bits per heavy atom. The van der Waals surface area contributed by atoms with E-state index >= 15 is 0 Å². The molecule has 12 heavy (non-hydrogen) atoms. The monoisotopic (exact) mass is 230 g/mol. The third-order valence-corrected chi connectivity index (χ3v) is 3.86. The Kier molecular flexibility index (Phi) is 1.14. The molecule has 3 nitrogen and oxygen atoms in total. The molecule has 0 aromatic rings. The second kappa shape index (κ2) is 1.93. The van der Waals surface area contributed by atoms with E-state index in [-0.39, 0.29) is 12.2 Å². The molecule has 1 N–H and O–H groups in total. The summed E-state index contributed by atoms with van der Waals surface area (Å²) in [5.41, 5.74) is 0.457. The first kappa shape index (κ1) is 7.09. The van der Waals surface area contributed by atoms with Crippen LogP contribution in [-0.2, 0) is 9.53 Å². The van der Waals surface area contributed by atoms with Crippen molar-refractivity contribution in [1.82, 2.24) is 0 Å². The molecule has 2 heterocycles. The van der Waals surface area contributed by atoms with Crippen LogP contribution in [0.25, 0.3) is 0 Å². The van der Waals surface area contributed by atoms with Crippen molar-refractivity contribution in [3.63, 3.8) is 0 Å². The predicted molar refractivity (Wildman–Crippen MR) is 43.8 cm³/mol. The van der Waals surface area contributed by atoms with Gasteiger partial charge in [-0.25, -0.2) is 4.79 Å². The molecule has 0 amide bonds. The molecule has 3 aliphatic rings. The van der Waals surface area contributed by atoms with E-state index in [9.17, 15) is 4.79 Å². The molecule has 1 saturated heterocycles. The van der Waals surface area contributed by atoms with Crippen LogP contribution in [0.4, 0.5) is 0 Å². The van der Waals surface area contributed by atoms with E-state index in [4.69, 9.17) is 9.84 Å². The van der Waals surface area contributed by atoms with Gasteiger partial charge in [-0.3, -0.25) is 0 Å². The maximum atomic E-state index is 10.8. The molecule has 4 atom stereocenters. The summed E-state index contributed by atoms with van der Waals surface area (Å²) in [6.45, 7) is 0. The lowest BCUT2D eigenvalue weighted by atomic mass is 10.00. The highest BCUT2D eigenvalue weighted by atomic mass is 79.9. The van der Waals surface area contributed by atoms with Gasteiger partial charge in [-0.1, -0.05) is 15.9 Å². The molecule has 2 bridgehead atoms. The largest absolute Gasteiger partial charge is 0.478 e. The highest BCUT2D eigenvalue weighted by molar-refractivity contribution is 9.11. The van der Waals surface area contributed by atoms with Gasteiger partial charge in [0.25, 0.3) is 0 Å². The van der Waals surface area contributed by atoms with Gasteiger partial charge >= 0.3 is 5.97 Å². The Labute approximate surface area is 77.5 Å². The van der Waals surface area contributed by atoms with E-state index in [0.717, 1.165) is 10.9 Å². The third-order valence-electron chi connectivity index (χ3n) is 2.98. The Morgan fingerprint density at radius 2 is 2.17 bits per heavy atom. The van der Waals surface area contributed by atoms with Crippen molar-refractivity contribution in [2.45, 2.75) is 18.6 Å². The number of carbonyl (C=O) groups is 1. The average Bonchev–Trinajstić information content (AvgIpc) is 2.63. The van der Waals surface area contributed by atoms with E-state index in [1.807, 2.05) is 0 Å². The molecule has 64 valence electrons. The average molecular weight is 231 g/mol. The fourth-order valence-corrected chi connectivity index (χ4v) is 3.18. The van der Waals surface area contributed by atoms with Crippen LogP contribution in [0.5, 0.6) is 0 Å². The van der Waals surface area contributed by atoms with Crippen LogP contribution in [0, 0.1) is 11.8 Å². The SMILES string of the molecule is O=C(O)C1=C(Br)[C@H]2O[C@@H]1[C@@H]1C[C@@H]12. The minimum Gasteiger partial charge on any atom is -0.478 e. The van der Waals surface area contributed by atoms with Gasteiger partial charge < -0.3 is 9.84 Å². The summed E-state index contributed by atoms with van der Waals surface area (Å²) >= 11 is 3.30. The molecule has 1 saturated carbocycles. The summed E-state index contributed by atoms with van der Waals surface area (Å²) < 4.78 is 6.30. The molecule has 0 aromatic carbocycles. The smallest absolute Gasteiger partial charge is 0.335 e. The van der Waals surface area contributed by atoms with E-state index < -0.39 is 5.97 Å². The summed E-state index contributed by atoms with van der Waals surface area (Å²) in [4.78, 5) is 10.8. The lowest BCUT2D eigenvalue weighted by molar-refractivity contribution is -0.133. The number of aliphatic carboxylic acids is 1. The summed E-state index contributed by atoms with van der Waals surface area (Å²) in [6.07, 6.45) is 1.08. The van der Waals surface area contributed by atoms with Crippen molar-refractivity contribution in [3.05, 3.63) is 10.1 Å². The highest BCUT2D eigenvalue weighted by Gasteiger charge is 2.63. The lowest BCUT2D eigenvalue weighted by Gasteiger charge is -2.07. The van der Waals surface area contributed by atoms with Gasteiger partial charge in [-0.05, 0) is 18.3 Å². The van der Waals surface area contributed by atoms with Gasteiger partial charge in [0.1, 0.15) is 0 Å². The molecule has 0 unspecified atom stereocenters. The second-order valence-corrected chi connectivity index (χ2v) is 4.46. The summed E-state index contributed by atoms with van der Waals surface area (Å²) in [5, 5.41) is 8.87. The predicted octanol–water partition coefficient (Wildman–Crippen LogP) is 1.14. The summed E-state index contributed by atoms with van der Waals surface area (Å²) in [5.74, 6) is 0.273. The standard InChI is InChI=1S/C8H7BrO3/c9-5-4(8(10)11)6-2-1-3(2)7(5)12-6/h2-3,6-7H,1H2,(H,10,11)/t2-,3+,6-,7+/m1/s1. The minimum atomic E-state index is -0.834. The first-order chi connectivity index (χ1) is 5.70. The van der Waals surface area contributed by atoms with Gasteiger partial charge in [-0.2, -0.15) is 0 Å². The van der Waals surface area contributed by atoms with E-state index in [1.165, 1.54) is 0 Å². The topological polar surface area (TPSA) is 46.5 Å². The van der Waals surface area contributed by atoms with Crippen molar-refractivity contribution in [2.24, 2.45) is 11.8 Å². The quantitative estimate of drug-likeness (QED) is 0.735. The summed E-state index contributed by atoms with van der Waals surface area (Å²) in [7, 11) is 0. The van der Waals surface area contributed by atoms with E-state index in [0.29, 0.717) is 17.4 Å². The molecule has 0 spiro atoms. The molecule has 2 aliphatic heterocycles. The van der Waals surface area contributed by atoms with Crippen molar-refractivity contribution in [3.8, 4) is 0 Å². The Morgan fingerprint density at radius 3 is 2.75 bits per heavy atom. The fourth-order valence-electron chi connectivity index (χ4n) is 2.33. The number of carboxylic acid groups (broad SMARTS) is 1. The van der Waals surface area contributed by atoms with Crippen LogP contribution < -0.4 is 0 Å². The molecular formula is C8H7BrO3. The first-order valence-corrected chi connectivity index (χ1v) is 4.77. The van der Waals surface area contributed by atoms with Crippen LogP contribution >= 0.6 is 15.9 Å². The maximum Gasteiger partial charge on any atom is 0.335 e. The molecule has 1 aliphatic carbocycles. The Bertz CT molecular complexity index is 309. The summed E-state index contributed by atoms with van der Waals surface area (Å²) in [6, 6.07) is 0. The highest BCUT2D eigenvalue weighted by Crippen LogP contribution is 2.61. The zero-order chi connectivity index (χ0) is 8.46. The second-order valence-electron chi connectivity index (χ2n) is 3.61. The van der Waals surface area contributed by atoms with Gasteiger partial charge in [-0.15, -0.1) is 0 Å². The van der Waals surface area contributed by atoms with Gasteiger partial charge in [0.2, 0.25) is 0 Å². The number of fused-ring (bicyclic) bond motifs is 5. The van der Waals surface area contributed by atoms with Gasteiger partial charge in [0, 0.05) is 4.48 Å². The van der Waals surface area contributed by atoms with Crippen molar-refractivity contribution >= 4 is 21.9 Å². The van der Waals surface area contributed by atoms with Crippen molar-refractivity contribution in [2.75, 3.05) is 0 Å². The van der Waals surface area contributed by atoms with Crippen LogP contribution in [0.15, 0.2) is 10.1 Å². The Balaban J connectivity index is 2.07. The minimum absolute atomic E-state index is 0.0612. The third kappa shape index (κ3) is 0.638. The van der Waals surface area contributed by atoms with E-state index in [2.05, 4.69) is 15.9 Å². The van der Waals surface area contributed by atoms with Crippen LogP contribution in [-0.4, -0.2) is 23.3 Å². The fraction of sp³-hybridized carbons (Fsp3) is 0.625. The number of hydrogen-bond acceptors (Lipinski definition) is 2. The maximum absolute atomic E-state index is 10.8. The molecule has 3 rings (SSSR count). The van der Waals surface area contributed by atoms with Crippen molar-refractivity contribution in [1.29, 1.82) is 0 Å². The van der Waals surface area contributed by atoms with Gasteiger partial charge in [0.15, 0.2) is 0 Å². The van der Waals surface area contributed by atoms with Crippen LogP contribution in [0.3, 0.4) is 0 Å². The number of rotatable bonds is 1. The Hall–Kier alpha value is -0.350. The zero-order valence-electron chi connectivity index (χ0n) is 6.16. The lowest BCUT2D eigenvalue weighted by Crippen LogP contribution is -2.17. The molecule has 0 aromatic heterocycles. The van der Waals surface area contributed by atoms with E-state index in [1.54, 1.807) is 0 Å². The normalized spacial score (nSPS) is 48.1. The number of halogens is 1. The molecular weight excluding hydrogens is 224 g/mol. The molecule has 2 fully saturated rings. The molecule has 4 heteroatoms. The van der Waals surface area contributed by atoms with Crippen LogP contribution in [0.1, 0.15) is 6.42 Å². The number of carboxylic acids is 1. The van der Waals surface area contributed by atoms with Gasteiger partial charge in [0.05, 0.1) is 17.8 Å². The zero-order valence-corrected chi connectivity index (χ0v) is 7.74. The molecule has 0 radical (unpaired) electrons.